The van der Waals surface area contributed by atoms with Gasteiger partial charge in [0.25, 0.3) is 0 Å². The molecule has 2 aliphatic rings. The first-order valence-electron chi connectivity index (χ1n) is 8.39. The molecule has 1 aliphatic heterocycles. The summed E-state index contributed by atoms with van der Waals surface area (Å²) in [4.78, 5) is 16.5. The lowest BCUT2D eigenvalue weighted by Gasteiger charge is -2.37. The van der Waals surface area contributed by atoms with Crippen molar-refractivity contribution in [1.29, 1.82) is 0 Å². The summed E-state index contributed by atoms with van der Waals surface area (Å²) in [6.07, 6.45) is 6.06. The second-order valence-electron chi connectivity index (χ2n) is 6.32. The predicted molar refractivity (Wildman–Crippen MR) is 90.0 cm³/mol. The number of nitrogens with one attached hydrogen (secondary N) is 1. The Kier molecular flexibility index (Phi) is 4.71. The SMILES string of the molecule is Nc1ccccc1N1CCN(C(=O)NC2CCCCC2)CC1. The van der Waals surface area contributed by atoms with Gasteiger partial charge in [-0.1, -0.05) is 31.4 Å². The lowest BCUT2D eigenvalue weighted by Crippen LogP contribution is -2.53. The Balaban J connectivity index is 1.51. The fourth-order valence-electron chi connectivity index (χ4n) is 3.44. The third-order valence-electron chi connectivity index (χ3n) is 4.78. The van der Waals surface area contributed by atoms with Gasteiger partial charge in [-0.3, -0.25) is 0 Å². The molecule has 3 rings (SSSR count). The molecular formula is C17H26N4O. The molecule has 3 N–H and O–H groups in total. The molecule has 1 aliphatic carbocycles. The molecule has 0 bridgehead atoms. The third-order valence-corrected chi connectivity index (χ3v) is 4.78. The van der Waals surface area contributed by atoms with Crippen molar-refractivity contribution < 1.29 is 4.79 Å². The summed E-state index contributed by atoms with van der Waals surface area (Å²) >= 11 is 0. The van der Waals surface area contributed by atoms with Crippen molar-refractivity contribution in [2.45, 2.75) is 38.1 Å². The number of nitrogens with two attached hydrogens (primary N) is 1. The lowest BCUT2D eigenvalue weighted by molar-refractivity contribution is 0.186. The minimum absolute atomic E-state index is 0.104. The van der Waals surface area contributed by atoms with Crippen LogP contribution < -0.4 is 16.0 Å². The van der Waals surface area contributed by atoms with Crippen molar-refractivity contribution in [2.75, 3.05) is 36.8 Å². The van der Waals surface area contributed by atoms with Crippen molar-refractivity contribution >= 4 is 17.4 Å². The van der Waals surface area contributed by atoms with Crippen molar-refractivity contribution in [1.82, 2.24) is 10.2 Å². The molecule has 2 fully saturated rings. The van der Waals surface area contributed by atoms with E-state index in [-0.39, 0.29) is 6.03 Å². The molecule has 0 spiro atoms. The summed E-state index contributed by atoms with van der Waals surface area (Å²) in [5, 5.41) is 3.20. The quantitative estimate of drug-likeness (QED) is 0.825. The van der Waals surface area contributed by atoms with Crippen LogP contribution in [0.4, 0.5) is 16.2 Å². The normalized spacial score (nSPS) is 20.0. The molecule has 1 saturated carbocycles. The molecule has 120 valence electrons. The Morgan fingerprint density at radius 2 is 1.73 bits per heavy atom. The fourth-order valence-corrected chi connectivity index (χ4v) is 3.44. The molecule has 1 aromatic carbocycles. The average molecular weight is 302 g/mol. The van der Waals surface area contributed by atoms with Crippen LogP contribution >= 0.6 is 0 Å². The van der Waals surface area contributed by atoms with E-state index in [4.69, 9.17) is 5.73 Å². The number of piperazine rings is 1. The maximum absolute atomic E-state index is 12.3. The van der Waals surface area contributed by atoms with Gasteiger partial charge in [-0.25, -0.2) is 4.79 Å². The number of nitrogens with zero attached hydrogens (tertiary/aromatic N) is 2. The van der Waals surface area contributed by atoms with Crippen LogP contribution in [0.15, 0.2) is 24.3 Å². The van der Waals surface area contributed by atoms with E-state index in [1.54, 1.807) is 0 Å². The highest BCUT2D eigenvalue weighted by atomic mass is 16.2. The van der Waals surface area contributed by atoms with Crippen LogP contribution in [0.3, 0.4) is 0 Å². The Morgan fingerprint density at radius 1 is 1.05 bits per heavy atom. The minimum Gasteiger partial charge on any atom is -0.397 e. The van der Waals surface area contributed by atoms with E-state index in [9.17, 15) is 4.79 Å². The predicted octanol–water partition coefficient (Wildman–Crippen LogP) is 2.43. The van der Waals surface area contributed by atoms with E-state index in [1.165, 1.54) is 19.3 Å². The van der Waals surface area contributed by atoms with Crippen LogP contribution in [0.25, 0.3) is 0 Å². The number of nitrogen functional groups attached to an aromatic ring is 1. The fraction of sp³-hybridized carbons (Fsp3) is 0.588. The van der Waals surface area contributed by atoms with Gasteiger partial charge >= 0.3 is 6.03 Å². The summed E-state index contributed by atoms with van der Waals surface area (Å²) < 4.78 is 0. The van der Waals surface area contributed by atoms with Crippen molar-refractivity contribution in [3.63, 3.8) is 0 Å². The van der Waals surface area contributed by atoms with E-state index in [0.717, 1.165) is 50.4 Å². The number of anilines is 2. The van der Waals surface area contributed by atoms with Crippen LogP contribution in [0, 0.1) is 0 Å². The number of carbonyl (C=O) groups excluding carboxylic acids is 1. The number of benzene rings is 1. The van der Waals surface area contributed by atoms with Crippen LogP contribution in [-0.4, -0.2) is 43.2 Å². The van der Waals surface area contributed by atoms with Gasteiger partial charge < -0.3 is 20.9 Å². The molecule has 1 saturated heterocycles. The molecule has 22 heavy (non-hydrogen) atoms. The highest BCUT2D eigenvalue weighted by molar-refractivity contribution is 5.75. The van der Waals surface area contributed by atoms with Gasteiger partial charge in [-0.15, -0.1) is 0 Å². The first kappa shape index (κ1) is 15.0. The standard InChI is InChI=1S/C17H26N4O/c18-15-8-4-5-9-16(15)20-10-12-21(13-11-20)17(22)19-14-6-2-1-3-7-14/h4-5,8-9,14H,1-3,6-7,10-13,18H2,(H,19,22). The summed E-state index contributed by atoms with van der Waals surface area (Å²) in [6, 6.07) is 8.42. The molecule has 0 aromatic heterocycles. The number of amides is 2. The Hall–Kier alpha value is -1.91. The van der Waals surface area contributed by atoms with Crippen molar-refractivity contribution in [2.24, 2.45) is 0 Å². The first-order valence-corrected chi connectivity index (χ1v) is 8.39. The number of rotatable bonds is 2. The maximum atomic E-state index is 12.3. The van der Waals surface area contributed by atoms with E-state index in [0.29, 0.717) is 6.04 Å². The number of hydrogen-bond donors (Lipinski definition) is 2. The molecule has 5 nitrogen and oxygen atoms in total. The molecule has 2 amide bonds. The molecule has 5 heteroatoms. The third kappa shape index (κ3) is 3.46. The van der Waals surface area contributed by atoms with Crippen LogP contribution in [-0.2, 0) is 0 Å². The van der Waals surface area contributed by atoms with Gasteiger partial charge in [0, 0.05) is 32.2 Å². The second-order valence-corrected chi connectivity index (χ2v) is 6.32. The minimum atomic E-state index is 0.104. The molecule has 0 atom stereocenters. The number of hydrogen-bond acceptors (Lipinski definition) is 3. The van der Waals surface area contributed by atoms with Crippen molar-refractivity contribution in [3.8, 4) is 0 Å². The molecule has 1 aromatic rings. The summed E-state index contributed by atoms with van der Waals surface area (Å²) in [7, 11) is 0. The molecule has 0 radical (unpaired) electrons. The smallest absolute Gasteiger partial charge is 0.317 e. The van der Waals surface area contributed by atoms with Gasteiger partial charge in [0.1, 0.15) is 0 Å². The lowest BCUT2D eigenvalue weighted by atomic mass is 9.96. The highest BCUT2D eigenvalue weighted by Crippen LogP contribution is 2.23. The number of para-hydroxylation sites is 2. The number of urea groups is 1. The molecule has 0 unspecified atom stereocenters. The molecular weight excluding hydrogens is 276 g/mol. The van der Waals surface area contributed by atoms with E-state index >= 15 is 0 Å². The van der Waals surface area contributed by atoms with Gasteiger partial charge in [0.05, 0.1) is 11.4 Å². The maximum Gasteiger partial charge on any atom is 0.317 e. The first-order chi connectivity index (χ1) is 10.7. The Morgan fingerprint density at radius 3 is 2.41 bits per heavy atom. The average Bonchev–Trinajstić information content (AvgIpc) is 2.56. The van der Waals surface area contributed by atoms with Gasteiger partial charge in [0.15, 0.2) is 0 Å². The van der Waals surface area contributed by atoms with E-state index in [1.807, 2.05) is 29.2 Å². The number of carbonyl (C=O) groups is 1. The van der Waals surface area contributed by atoms with Gasteiger partial charge in [0.2, 0.25) is 0 Å². The second kappa shape index (κ2) is 6.90. The van der Waals surface area contributed by atoms with Crippen molar-refractivity contribution in [3.05, 3.63) is 24.3 Å². The van der Waals surface area contributed by atoms with Crippen LogP contribution in [0.5, 0.6) is 0 Å². The zero-order chi connectivity index (χ0) is 15.4. The highest BCUT2D eigenvalue weighted by Gasteiger charge is 2.24. The zero-order valence-electron chi connectivity index (χ0n) is 13.1. The summed E-state index contributed by atoms with van der Waals surface area (Å²) in [6.45, 7) is 3.19. The summed E-state index contributed by atoms with van der Waals surface area (Å²) in [5.41, 5.74) is 7.92. The van der Waals surface area contributed by atoms with Crippen LogP contribution in [0.2, 0.25) is 0 Å². The largest absolute Gasteiger partial charge is 0.397 e. The Bertz CT molecular complexity index is 505. The molecule has 1 heterocycles. The zero-order valence-corrected chi connectivity index (χ0v) is 13.1. The Labute approximate surface area is 132 Å². The topological polar surface area (TPSA) is 61.6 Å². The van der Waals surface area contributed by atoms with E-state index in [2.05, 4.69) is 10.2 Å². The van der Waals surface area contributed by atoms with Crippen LogP contribution in [0.1, 0.15) is 32.1 Å². The summed E-state index contributed by atoms with van der Waals surface area (Å²) in [5.74, 6) is 0. The van der Waals surface area contributed by atoms with E-state index < -0.39 is 0 Å². The van der Waals surface area contributed by atoms with Gasteiger partial charge in [-0.2, -0.15) is 0 Å². The van der Waals surface area contributed by atoms with Gasteiger partial charge in [-0.05, 0) is 25.0 Å². The monoisotopic (exact) mass is 302 g/mol.